The van der Waals surface area contributed by atoms with Crippen LogP contribution in [0.4, 0.5) is 4.39 Å². The van der Waals surface area contributed by atoms with Gasteiger partial charge in [0.1, 0.15) is 5.82 Å². The number of hydrogen-bond acceptors (Lipinski definition) is 2. The Hall–Kier alpha value is -2.09. The monoisotopic (exact) mass is 276 g/mol. The average molecular weight is 276 g/mol. The Kier molecular flexibility index (Phi) is 6.51. The average Bonchev–Trinajstić information content (AvgIpc) is 2.43. The van der Waals surface area contributed by atoms with E-state index in [1.54, 1.807) is 0 Å². The lowest BCUT2D eigenvalue weighted by Gasteiger charge is -2.13. The summed E-state index contributed by atoms with van der Waals surface area (Å²) in [5, 5.41) is 15.1. The first-order valence-corrected chi connectivity index (χ1v) is 6.77. The first kappa shape index (κ1) is 16.0. The molecule has 0 radical (unpaired) electrons. The van der Waals surface area contributed by atoms with E-state index in [-0.39, 0.29) is 12.4 Å². The van der Waals surface area contributed by atoms with E-state index in [0.29, 0.717) is 23.0 Å². The van der Waals surface area contributed by atoms with Gasteiger partial charge in [0.15, 0.2) is 5.96 Å². The molecule has 0 fully saturated rings. The minimum Gasteiger partial charge on any atom is -0.357 e. The van der Waals surface area contributed by atoms with E-state index >= 15 is 0 Å². The second kappa shape index (κ2) is 8.16. The largest absolute Gasteiger partial charge is 0.357 e. The molecule has 0 aliphatic rings. The number of rotatable bonds is 5. The van der Waals surface area contributed by atoms with Crippen LogP contribution < -0.4 is 10.6 Å². The molecule has 0 unspecified atom stereocenters. The Morgan fingerprint density at radius 1 is 1.40 bits per heavy atom. The van der Waals surface area contributed by atoms with Crippen molar-refractivity contribution in [2.45, 2.75) is 27.3 Å². The van der Waals surface area contributed by atoms with Crippen molar-refractivity contribution in [1.29, 1.82) is 5.26 Å². The zero-order valence-electron chi connectivity index (χ0n) is 12.2. The van der Waals surface area contributed by atoms with Crippen LogP contribution in [0.3, 0.4) is 0 Å². The van der Waals surface area contributed by atoms with E-state index in [1.807, 2.05) is 13.0 Å². The van der Waals surface area contributed by atoms with E-state index in [1.165, 1.54) is 18.2 Å². The fourth-order valence-corrected chi connectivity index (χ4v) is 1.57. The maximum Gasteiger partial charge on any atom is 0.191 e. The highest BCUT2D eigenvalue weighted by Crippen LogP contribution is 2.11. The van der Waals surface area contributed by atoms with Gasteiger partial charge in [-0.3, -0.25) is 0 Å². The molecule has 2 N–H and O–H groups in total. The van der Waals surface area contributed by atoms with Gasteiger partial charge in [0.05, 0.1) is 18.2 Å². The zero-order valence-corrected chi connectivity index (χ0v) is 12.2. The highest BCUT2D eigenvalue weighted by atomic mass is 19.1. The van der Waals surface area contributed by atoms with Crippen molar-refractivity contribution in [3.05, 3.63) is 35.1 Å². The molecule has 4 nitrogen and oxygen atoms in total. The number of aliphatic imine (C=N–C) groups is 1. The summed E-state index contributed by atoms with van der Waals surface area (Å²) in [5.41, 5.74) is 0.863. The third kappa shape index (κ3) is 5.27. The SMILES string of the molecule is CCNC(=NCc1cc(C#N)ccc1F)NCC(C)C. The van der Waals surface area contributed by atoms with Crippen molar-refractivity contribution in [2.75, 3.05) is 13.1 Å². The number of nitriles is 1. The van der Waals surface area contributed by atoms with Gasteiger partial charge in [-0.1, -0.05) is 13.8 Å². The topological polar surface area (TPSA) is 60.2 Å². The predicted octanol–water partition coefficient (Wildman–Crippen LogP) is 2.41. The van der Waals surface area contributed by atoms with E-state index in [2.05, 4.69) is 29.5 Å². The molecule has 0 heterocycles. The van der Waals surface area contributed by atoms with E-state index in [0.717, 1.165) is 13.1 Å². The fourth-order valence-electron chi connectivity index (χ4n) is 1.57. The summed E-state index contributed by atoms with van der Waals surface area (Å²) < 4.78 is 13.6. The van der Waals surface area contributed by atoms with Crippen LogP contribution in [0.25, 0.3) is 0 Å². The third-order valence-electron chi connectivity index (χ3n) is 2.60. The summed E-state index contributed by atoms with van der Waals surface area (Å²) in [4.78, 5) is 4.34. The molecule has 1 aromatic rings. The highest BCUT2D eigenvalue weighted by molar-refractivity contribution is 5.79. The van der Waals surface area contributed by atoms with Crippen LogP contribution in [-0.4, -0.2) is 19.0 Å². The van der Waals surface area contributed by atoms with Crippen molar-refractivity contribution in [3.63, 3.8) is 0 Å². The Morgan fingerprint density at radius 2 is 2.15 bits per heavy atom. The molecule has 0 spiro atoms. The van der Waals surface area contributed by atoms with Gasteiger partial charge in [-0.05, 0) is 31.0 Å². The summed E-state index contributed by atoms with van der Waals surface area (Å²) in [5.74, 6) is 0.813. The molecule has 0 aliphatic heterocycles. The molecule has 20 heavy (non-hydrogen) atoms. The standard InChI is InChI=1S/C15H21FN4/c1-4-18-15(19-9-11(2)3)20-10-13-7-12(8-17)5-6-14(13)16/h5-7,11H,4,9-10H2,1-3H3,(H2,18,19,20). The van der Waals surface area contributed by atoms with Crippen LogP contribution in [0.5, 0.6) is 0 Å². The maximum atomic E-state index is 13.6. The second-order valence-corrected chi connectivity index (χ2v) is 4.89. The van der Waals surface area contributed by atoms with Crippen LogP contribution in [0.1, 0.15) is 31.9 Å². The van der Waals surface area contributed by atoms with Crippen molar-refractivity contribution < 1.29 is 4.39 Å². The van der Waals surface area contributed by atoms with Gasteiger partial charge in [-0.25, -0.2) is 9.38 Å². The van der Waals surface area contributed by atoms with Gasteiger partial charge >= 0.3 is 0 Å². The molecule has 0 amide bonds. The second-order valence-electron chi connectivity index (χ2n) is 4.89. The Morgan fingerprint density at radius 3 is 2.75 bits per heavy atom. The Balaban J connectivity index is 2.78. The van der Waals surface area contributed by atoms with Crippen LogP contribution in [0, 0.1) is 23.1 Å². The lowest BCUT2D eigenvalue weighted by molar-refractivity contribution is 0.605. The molecule has 0 aliphatic carbocycles. The molecule has 0 aromatic heterocycles. The van der Waals surface area contributed by atoms with Crippen molar-refractivity contribution in [1.82, 2.24) is 10.6 Å². The van der Waals surface area contributed by atoms with E-state index in [9.17, 15) is 4.39 Å². The lowest BCUT2D eigenvalue weighted by atomic mass is 10.1. The van der Waals surface area contributed by atoms with Gasteiger partial charge < -0.3 is 10.6 Å². The molecular formula is C15H21FN4. The zero-order chi connectivity index (χ0) is 15.0. The normalized spacial score (nSPS) is 11.3. The number of guanidine groups is 1. The summed E-state index contributed by atoms with van der Waals surface area (Å²) in [6.07, 6.45) is 0. The van der Waals surface area contributed by atoms with Crippen LogP contribution in [-0.2, 0) is 6.54 Å². The number of nitrogens with zero attached hydrogens (tertiary/aromatic N) is 2. The fraction of sp³-hybridized carbons (Fsp3) is 0.467. The van der Waals surface area contributed by atoms with Gasteiger partial charge in [-0.15, -0.1) is 0 Å². The Bertz CT molecular complexity index is 503. The number of hydrogen-bond donors (Lipinski definition) is 2. The molecule has 0 saturated carbocycles. The maximum absolute atomic E-state index is 13.6. The number of halogens is 1. The van der Waals surface area contributed by atoms with E-state index < -0.39 is 0 Å². The minimum absolute atomic E-state index is 0.203. The molecule has 0 bridgehead atoms. The smallest absolute Gasteiger partial charge is 0.191 e. The van der Waals surface area contributed by atoms with Crippen molar-refractivity contribution >= 4 is 5.96 Å². The molecule has 1 rings (SSSR count). The third-order valence-corrected chi connectivity index (χ3v) is 2.60. The molecule has 108 valence electrons. The first-order chi connectivity index (χ1) is 9.56. The van der Waals surface area contributed by atoms with Gasteiger partial charge in [0.25, 0.3) is 0 Å². The Labute approximate surface area is 119 Å². The van der Waals surface area contributed by atoms with Gasteiger partial charge in [-0.2, -0.15) is 5.26 Å². The molecule has 5 heteroatoms. The molecule has 0 saturated heterocycles. The highest BCUT2D eigenvalue weighted by Gasteiger charge is 2.04. The van der Waals surface area contributed by atoms with Crippen LogP contribution in [0.15, 0.2) is 23.2 Å². The predicted molar refractivity (Wildman–Crippen MR) is 78.8 cm³/mol. The minimum atomic E-state index is -0.340. The summed E-state index contributed by atoms with van der Waals surface area (Å²) in [6, 6.07) is 6.30. The molecule has 0 atom stereocenters. The van der Waals surface area contributed by atoms with Gasteiger partial charge in [0, 0.05) is 18.7 Å². The van der Waals surface area contributed by atoms with Crippen molar-refractivity contribution in [2.24, 2.45) is 10.9 Å². The van der Waals surface area contributed by atoms with Gasteiger partial charge in [0.2, 0.25) is 0 Å². The number of nitrogens with one attached hydrogen (secondary N) is 2. The quantitative estimate of drug-likeness (QED) is 0.641. The molecule has 1 aromatic carbocycles. The van der Waals surface area contributed by atoms with Crippen LogP contribution in [0.2, 0.25) is 0 Å². The summed E-state index contributed by atoms with van der Waals surface area (Å²) in [6.45, 7) is 7.93. The summed E-state index contributed by atoms with van der Waals surface area (Å²) >= 11 is 0. The van der Waals surface area contributed by atoms with Crippen LogP contribution >= 0.6 is 0 Å². The lowest BCUT2D eigenvalue weighted by Crippen LogP contribution is -2.39. The first-order valence-electron chi connectivity index (χ1n) is 6.77. The van der Waals surface area contributed by atoms with E-state index in [4.69, 9.17) is 5.26 Å². The van der Waals surface area contributed by atoms with Crippen molar-refractivity contribution in [3.8, 4) is 6.07 Å². The number of benzene rings is 1. The molecular weight excluding hydrogens is 255 g/mol. The summed E-state index contributed by atoms with van der Waals surface area (Å²) in [7, 11) is 0.